The Bertz CT molecular complexity index is 598. The van der Waals surface area contributed by atoms with Gasteiger partial charge in [-0.15, -0.1) is 0 Å². The van der Waals surface area contributed by atoms with Crippen molar-refractivity contribution >= 4 is 0 Å². The Hall–Kier alpha value is -1.87. The van der Waals surface area contributed by atoms with Crippen molar-refractivity contribution in [2.45, 2.75) is 26.3 Å². The average molecular weight is 287 g/mol. The first kappa shape index (κ1) is 15.5. The fourth-order valence-electron chi connectivity index (χ4n) is 2.63. The summed E-state index contributed by atoms with van der Waals surface area (Å²) in [6.45, 7) is 4.86. The van der Waals surface area contributed by atoms with E-state index < -0.39 is 0 Å². The minimum absolute atomic E-state index is 0.104. The average Bonchev–Trinajstić information content (AvgIpc) is 2.46. The smallest absolute Gasteiger partial charge is 0.131 e. The molecule has 0 bridgehead atoms. The molecule has 0 aromatic heterocycles. The molecule has 0 amide bonds. The lowest BCUT2D eigenvalue weighted by atomic mass is 9.96. The summed E-state index contributed by atoms with van der Waals surface area (Å²) in [6.07, 6.45) is 0.729. The van der Waals surface area contributed by atoms with Crippen LogP contribution in [-0.2, 0) is 6.42 Å². The molecule has 1 N–H and O–H groups in total. The van der Waals surface area contributed by atoms with Crippen molar-refractivity contribution in [3.63, 3.8) is 0 Å². The first-order chi connectivity index (χ1) is 10.2. The first-order valence-electron chi connectivity index (χ1n) is 7.27. The standard InChI is InChI=1S/C18H22FNO/c1-4-20-16(12-14-8-5-7-13(2)11-14)18-15(19)9-6-10-17(18)21-3/h5-11,16,20H,4,12H2,1-3H3. The summed E-state index contributed by atoms with van der Waals surface area (Å²) in [5.74, 6) is 0.363. The molecule has 1 atom stereocenters. The molecule has 0 aliphatic carbocycles. The van der Waals surface area contributed by atoms with E-state index in [4.69, 9.17) is 4.74 Å². The lowest BCUT2D eigenvalue weighted by Crippen LogP contribution is -2.24. The summed E-state index contributed by atoms with van der Waals surface area (Å²) in [7, 11) is 1.58. The van der Waals surface area contributed by atoms with Crippen molar-refractivity contribution < 1.29 is 9.13 Å². The van der Waals surface area contributed by atoms with E-state index in [0.29, 0.717) is 11.3 Å². The van der Waals surface area contributed by atoms with Gasteiger partial charge in [-0.3, -0.25) is 0 Å². The van der Waals surface area contributed by atoms with Crippen LogP contribution in [0.5, 0.6) is 5.75 Å². The van der Waals surface area contributed by atoms with Crippen LogP contribution in [0, 0.1) is 12.7 Å². The van der Waals surface area contributed by atoms with Gasteiger partial charge in [-0.05, 0) is 37.6 Å². The van der Waals surface area contributed by atoms with Crippen LogP contribution in [0.1, 0.15) is 29.7 Å². The monoisotopic (exact) mass is 287 g/mol. The molecular formula is C18H22FNO. The van der Waals surface area contributed by atoms with Crippen LogP contribution in [0.2, 0.25) is 0 Å². The molecule has 2 rings (SSSR count). The van der Waals surface area contributed by atoms with E-state index >= 15 is 0 Å². The molecule has 0 radical (unpaired) electrons. The lowest BCUT2D eigenvalue weighted by molar-refractivity contribution is 0.390. The Labute approximate surface area is 126 Å². The van der Waals surface area contributed by atoms with E-state index in [2.05, 4.69) is 30.4 Å². The van der Waals surface area contributed by atoms with Crippen LogP contribution in [0.15, 0.2) is 42.5 Å². The minimum Gasteiger partial charge on any atom is -0.496 e. The van der Waals surface area contributed by atoms with Gasteiger partial charge in [0.05, 0.1) is 7.11 Å². The molecule has 0 fully saturated rings. The number of rotatable bonds is 6. The van der Waals surface area contributed by atoms with E-state index in [1.807, 2.05) is 13.0 Å². The van der Waals surface area contributed by atoms with Crippen molar-refractivity contribution in [1.82, 2.24) is 5.32 Å². The third kappa shape index (κ3) is 3.82. The number of methoxy groups -OCH3 is 1. The molecular weight excluding hydrogens is 265 g/mol. The van der Waals surface area contributed by atoms with Crippen molar-refractivity contribution in [3.05, 3.63) is 65.0 Å². The van der Waals surface area contributed by atoms with Crippen molar-refractivity contribution in [3.8, 4) is 5.75 Å². The maximum atomic E-state index is 14.3. The molecule has 0 saturated heterocycles. The van der Waals surface area contributed by atoms with Crippen LogP contribution in [0.25, 0.3) is 0 Å². The Balaban J connectivity index is 2.35. The van der Waals surface area contributed by atoms with Gasteiger partial charge in [-0.25, -0.2) is 4.39 Å². The second-order valence-corrected chi connectivity index (χ2v) is 5.16. The van der Waals surface area contributed by atoms with E-state index in [1.165, 1.54) is 17.2 Å². The second-order valence-electron chi connectivity index (χ2n) is 5.16. The highest BCUT2D eigenvalue weighted by molar-refractivity contribution is 5.38. The summed E-state index contributed by atoms with van der Waals surface area (Å²) >= 11 is 0. The number of halogens is 1. The van der Waals surface area contributed by atoms with E-state index in [-0.39, 0.29) is 11.9 Å². The quantitative estimate of drug-likeness (QED) is 0.866. The number of likely N-dealkylation sites (N-methyl/N-ethyl adjacent to an activating group) is 1. The SMILES string of the molecule is CCNC(Cc1cccc(C)c1)c1c(F)cccc1OC. The van der Waals surface area contributed by atoms with Gasteiger partial charge in [0, 0.05) is 11.6 Å². The summed E-state index contributed by atoms with van der Waals surface area (Å²) in [4.78, 5) is 0. The van der Waals surface area contributed by atoms with Gasteiger partial charge in [-0.1, -0.05) is 42.8 Å². The van der Waals surface area contributed by atoms with Gasteiger partial charge in [0.2, 0.25) is 0 Å². The molecule has 2 aromatic rings. The normalized spacial score (nSPS) is 12.2. The fourth-order valence-corrected chi connectivity index (χ4v) is 2.63. The number of ether oxygens (including phenoxy) is 1. The molecule has 0 aliphatic heterocycles. The fraction of sp³-hybridized carbons (Fsp3) is 0.333. The Morgan fingerprint density at radius 3 is 2.62 bits per heavy atom. The van der Waals surface area contributed by atoms with Gasteiger partial charge in [-0.2, -0.15) is 0 Å². The molecule has 0 aliphatic rings. The molecule has 0 heterocycles. The van der Waals surface area contributed by atoms with Crippen LogP contribution in [-0.4, -0.2) is 13.7 Å². The second kappa shape index (κ2) is 7.23. The zero-order valence-corrected chi connectivity index (χ0v) is 12.8. The molecule has 112 valence electrons. The third-order valence-corrected chi connectivity index (χ3v) is 3.55. The highest BCUT2D eigenvalue weighted by atomic mass is 19.1. The number of nitrogens with one attached hydrogen (secondary N) is 1. The van der Waals surface area contributed by atoms with Gasteiger partial charge >= 0.3 is 0 Å². The van der Waals surface area contributed by atoms with E-state index in [0.717, 1.165) is 13.0 Å². The summed E-state index contributed by atoms with van der Waals surface area (Å²) in [5.41, 5.74) is 3.00. The van der Waals surface area contributed by atoms with Gasteiger partial charge in [0.15, 0.2) is 0 Å². The molecule has 0 spiro atoms. The molecule has 21 heavy (non-hydrogen) atoms. The van der Waals surface area contributed by atoms with Crippen LogP contribution in [0.3, 0.4) is 0 Å². The Kier molecular flexibility index (Phi) is 5.34. The zero-order chi connectivity index (χ0) is 15.2. The molecule has 1 unspecified atom stereocenters. The Morgan fingerprint density at radius 2 is 1.95 bits per heavy atom. The van der Waals surface area contributed by atoms with Gasteiger partial charge in [0.1, 0.15) is 11.6 Å². The van der Waals surface area contributed by atoms with E-state index in [1.54, 1.807) is 19.2 Å². The lowest BCUT2D eigenvalue weighted by Gasteiger charge is -2.21. The van der Waals surface area contributed by atoms with Gasteiger partial charge in [0.25, 0.3) is 0 Å². The van der Waals surface area contributed by atoms with E-state index in [9.17, 15) is 4.39 Å². The molecule has 3 heteroatoms. The first-order valence-corrected chi connectivity index (χ1v) is 7.27. The van der Waals surface area contributed by atoms with Crippen molar-refractivity contribution in [1.29, 1.82) is 0 Å². The summed E-state index contributed by atoms with van der Waals surface area (Å²) in [6, 6.07) is 13.2. The third-order valence-electron chi connectivity index (χ3n) is 3.55. The predicted octanol–water partition coefficient (Wildman–Crippen LogP) is 4.04. The number of hydrogen-bond acceptors (Lipinski definition) is 2. The Morgan fingerprint density at radius 1 is 1.19 bits per heavy atom. The van der Waals surface area contributed by atoms with Crippen molar-refractivity contribution in [2.75, 3.05) is 13.7 Å². The predicted molar refractivity (Wildman–Crippen MR) is 84.3 cm³/mol. The maximum Gasteiger partial charge on any atom is 0.131 e. The maximum absolute atomic E-state index is 14.3. The molecule has 0 saturated carbocycles. The summed E-state index contributed by atoms with van der Waals surface area (Å²) in [5, 5.41) is 3.36. The van der Waals surface area contributed by atoms with Gasteiger partial charge < -0.3 is 10.1 Å². The molecule has 2 nitrogen and oxygen atoms in total. The van der Waals surface area contributed by atoms with Crippen LogP contribution < -0.4 is 10.1 Å². The number of benzene rings is 2. The highest BCUT2D eigenvalue weighted by Crippen LogP contribution is 2.30. The van der Waals surface area contributed by atoms with Crippen LogP contribution in [0.4, 0.5) is 4.39 Å². The summed E-state index contributed by atoms with van der Waals surface area (Å²) < 4.78 is 19.6. The van der Waals surface area contributed by atoms with Crippen LogP contribution >= 0.6 is 0 Å². The molecule has 2 aromatic carbocycles. The topological polar surface area (TPSA) is 21.3 Å². The number of hydrogen-bond donors (Lipinski definition) is 1. The van der Waals surface area contributed by atoms with Crippen molar-refractivity contribution in [2.24, 2.45) is 0 Å². The zero-order valence-electron chi connectivity index (χ0n) is 12.8. The minimum atomic E-state index is -0.229. The number of aryl methyl sites for hydroxylation is 1. The highest BCUT2D eigenvalue weighted by Gasteiger charge is 2.20. The largest absolute Gasteiger partial charge is 0.496 e.